The summed E-state index contributed by atoms with van der Waals surface area (Å²) < 4.78 is 0. The van der Waals surface area contributed by atoms with Gasteiger partial charge in [-0.25, -0.2) is 0 Å². The number of benzene rings is 1. The number of aromatic nitrogens is 1. The summed E-state index contributed by atoms with van der Waals surface area (Å²) in [5, 5.41) is 6.23. The second-order valence-electron chi connectivity index (χ2n) is 4.57. The van der Waals surface area contributed by atoms with Gasteiger partial charge in [0.05, 0.1) is 0 Å². The molecule has 0 spiro atoms. The van der Waals surface area contributed by atoms with Crippen molar-refractivity contribution in [3.05, 3.63) is 53.9 Å². The molecule has 1 aliphatic rings. The number of pyridine rings is 1. The van der Waals surface area contributed by atoms with Crippen molar-refractivity contribution in [2.45, 2.75) is 12.8 Å². The van der Waals surface area contributed by atoms with E-state index in [9.17, 15) is 4.79 Å². The molecule has 0 radical (unpaired) electrons. The standard InChI is InChI=1S/C15H15N3O/c19-15(14-5-1-2-8-17-14)18-12-6-7-13-11(10-12)4-3-9-16-13/h1-2,5-8,10,16H,3-4,9H2,(H,18,19). The number of carbonyl (C=O) groups excluding carboxylic acids is 1. The van der Waals surface area contributed by atoms with Gasteiger partial charge in [0.1, 0.15) is 5.69 Å². The Morgan fingerprint density at radius 1 is 1.26 bits per heavy atom. The Bertz CT molecular complexity index is 596. The Labute approximate surface area is 111 Å². The molecule has 0 saturated heterocycles. The predicted molar refractivity (Wildman–Crippen MR) is 75.4 cm³/mol. The predicted octanol–water partition coefficient (Wildman–Crippen LogP) is 2.69. The molecule has 0 bridgehead atoms. The van der Waals surface area contributed by atoms with E-state index < -0.39 is 0 Å². The van der Waals surface area contributed by atoms with E-state index in [2.05, 4.69) is 15.6 Å². The zero-order valence-electron chi connectivity index (χ0n) is 10.5. The molecule has 96 valence electrons. The Morgan fingerprint density at radius 3 is 3.05 bits per heavy atom. The van der Waals surface area contributed by atoms with Crippen molar-refractivity contribution >= 4 is 17.3 Å². The lowest BCUT2D eigenvalue weighted by atomic mass is 10.0. The molecule has 0 aliphatic carbocycles. The summed E-state index contributed by atoms with van der Waals surface area (Å²) in [4.78, 5) is 16.0. The summed E-state index contributed by atoms with van der Waals surface area (Å²) in [6.45, 7) is 1.02. The second-order valence-corrected chi connectivity index (χ2v) is 4.57. The lowest BCUT2D eigenvalue weighted by Gasteiger charge is -2.18. The van der Waals surface area contributed by atoms with Gasteiger partial charge in [0.25, 0.3) is 5.91 Å². The smallest absolute Gasteiger partial charge is 0.274 e. The maximum absolute atomic E-state index is 12.0. The van der Waals surface area contributed by atoms with Gasteiger partial charge in [-0.3, -0.25) is 9.78 Å². The molecular weight excluding hydrogens is 238 g/mol. The topological polar surface area (TPSA) is 54.0 Å². The van der Waals surface area contributed by atoms with Crippen molar-refractivity contribution in [3.8, 4) is 0 Å². The van der Waals surface area contributed by atoms with Crippen molar-refractivity contribution in [2.75, 3.05) is 17.2 Å². The van der Waals surface area contributed by atoms with Crippen LogP contribution < -0.4 is 10.6 Å². The molecule has 1 amide bonds. The molecule has 2 aromatic rings. The van der Waals surface area contributed by atoms with Gasteiger partial charge in [0.15, 0.2) is 0 Å². The average molecular weight is 253 g/mol. The first-order chi connectivity index (χ1) is 9.33. The van der Waals surface area contributed by atoms with E-state index >= 15 is 0 Å². The van der Waals surface area contributed by atoms with Crippen LogP contribution >= 0.6 is 0 Å². The number of anilines is 2. The molecule has 1 aromatic heterocycles. The number of aryl methyl sites for hydroxylation is 1. The number of fused-ring (bicyclic) bond motifs is 1. The minimum Gasteiger partial charge on any atom is -0.385 e. The van der Waals surface area contributed by atoms with Gasteiger partial charge in [-0.2, -0.15) is 0 Å². The van der Waals surface area contributed by atoms with E-state index in [4.69, 9.17) is 0 Å². The molecule has 0 saturated carbocycles. The third kappa shape index (κ3) is 2.57. The average Bonchev–Trinajstić information content (AvgIpc) is 2.48. The third-order valence-corrected chi connectivity index (χ3v) is 3.20. The molecule has 3 rings (SSSR count). The van der Waals surface area contributed by atoms with Crippen molar-refractivity contribution in [1.29, 1.82) is 0 Å². The van der Waals surface area contributed by atoms with Crippen LogP contribution in [0.5, 0.6) is 0 Å². The number of nitrogens with one attached hydrogen (secondary N) is 2. The Kier molecular flexibility index (Phi) is 3.14. The Morgan fingerprint density at radius 2 is 2.21 bits per heavy atom. The van der Waals surface area contributed by atoms with Crippen LogP contribution in [0.25, 0.3) is 0 Å². The zero-order valence-corrected chi connectivity index (χ0v) is 10.5. The van der Waals surface area contributed by atoms with Gasteiger partial charge in [-0.15, -0.1) is 0 Å². The first-order valence-electron chi connectivity index (χ1n) is 6.42. The molecule has 2 heterocycles. The fourth-order valence-corrected chi connectivity index (χ4v) is 2.24. The van der Waals surface area contributed by atoms with E-state index in [0.717, 1.165) is 25.1 Å². The summed E-state index contributed by atoms with van der Waals surface area (Å²) in [6, 6.07) is 11.3. The van der Waals surface area contributed by atoms with E-state index in [1.807, 2.05) is 18.2 Å². The van der Waals surface area contributed by atoms with Crippen LogP contribution in [0.4, 0.5) is 11.4 Å². The molecule has 0 unspecified atom stereocenters. The summed E-state index contributed by atoms with van der Waals surface area (Å²) in [5.41, 5.74) is 3.67. The third-order valence-electron chi connectivity index (χ3n) is 3.20. The fraction of sp³-hybridized carbons (Fsp3) is 0.200. The second kappa shape index (κ2) is 5.10. The molecule has 1 aromatic carbocycles. The van der Waals surface area contributed by atoms with Crippen LogP contribution in [0.3, 0.4) is 0 Å². The molecule has 4 heteroatoms. The zero-order chi connectivity index (χ0) is 13.1. The highest BCUT2D eigenvalue weighted by molar-refractivity contribution is 6.02. The van der Waals surface area contributed by atoms with Crippen LogP contribution in [0.15, 0.2) is 42.6 Å². The van der Waals surface area contributed by atoms with Gasteiger partial charge in [-0.05, 0) is 48.7 Å². The Hall–Kier alpha value is -2.36. The summed E-state index contributed by atoms with van der Waals surface area (Å²) in [6.07, 6.45) is 3.80. The van der Waals surface area contributed by atoms with Crippen LogP contribution in [0, 0.1) is 0 Å². The summed E-state index contributed by atoms with van der Waals surface area (Å²) in [5.74, 6) is -0.177. The maximum atomic E-state index is 12.0. The number of rotatable bonds is 2. The first kappa shape index (κ1) is 11.7. The lowest BCUT2D eigenvalue weighted by molar-refractivity contribution is 0.102. The number of carbonyl (C=O) groups is 1. The van der Waals surface area contributed by atoms with Gasteiger partial charge in [0.2, 0.25) is 0 Å². The molecule has 1 aliphatic heterocycles. The van der Waals surface area contributed by atoms with E-state index in [-0.39, 0.29) is 5.91 Å². The van der Waals surface area contributed by atoms with Gasteiger partial charge in [0, 0.05) is 24.1 Å². The van der Waals surface area contributed by atoms with Crippen LogP contribution in [0.1, 0.15) is 22.5 Å². The van der Waals surface area contributed by atoms with Crippen molar-refractivity contribution < 1.29 is 4.79 Å². The first-order valence-corrected chi connectivity index (χ1v) is 6.42. The Balaban J connectivity index is 1.78. The normalized spacial score (nSPS) is 13.3. The monoisotopic (exact) mass is 253 g/mol. The van der Waals surface area contributed by atoms with E-state index in [0.29, 0.717) is 5.69 Å². The van der Waals surface area contributed by atoms with E-state index in [1.165, 1.54) is 11.3 Å². The summed E-state index contributed by atoms with van der Waals surface area (Å²) in [7, 11) is 0. The van der Waals surface area contributed by atoms with Crippen LogP contribution in [-0.2, 0) is 6.42 Å². The number of hydrogen-bond acceptors (Lipinski definition) is 3. The van der Waals surface area contributed by atoms with Crippen LogP contribution in [-0.4, -0.2) is 17.4 Å². The molecule has 4 nitrogen and oxygen atoms in total. The highest BCUT2D eigenvalue weighted by atomic mass is 16.1. The van der Waals surface area contributed by atoms with Crippen LogP contribution in [0.2, 0.25) is 0 Å². The van der Waals surface area contributed by atoms with E-state index in [1.54, 1.807) is 24.4 Å². The van der Waals surface area contributed by atoms with Crippen molar-refractivity contribution in [3.63, 3.8) is 0 Å². The minimum absolute atomic E-state index is 0.177. The molecule has 0 atom stereocenters. The SMILES string of the molecule is O=C(Nc1ccc2c(c1)CCCN2)c1ccccn1. The van der Waals surface area contributed by atoms with Gasteiger partial charge >= 0.3 is 0 Å². The minimum atomic E-state index is -0.177. The van der Waals surface area contributed by atoms with Crippen molar-refractivity contribution in [1.82, 2.24) is 4.98 Å². The molecular formula is C15H15N3O. The largest absolute Gasteiger partial charge is 0.385 e. The molecule has 2 N–H and O–H groups in total. The van der Waals surface area contributed by atoms with Gasteiger partial charge < -0.3 is 10.6 Å². The number of amides is 1. The quantitative estimate of drug-likeness (QED) is 0.865. The highest BCUT2D eigenvalue weighted by Gasteiger charge is 2.11. The molecule has 19 heavy (non-hydrogen) atoms. The fourth-order valence-electron chi connectivity index (χ4n) is 2.24. The number of nitrogens with zero attached hydrogens (tertiary/aromatic N) is 1. The molecule has 0 fully saturated rings. The highest BCUT2D eigenvalue weighted by Crippen LogP contribution is 2.25. The van der Waals surface area contributed by atoms with Gasteiger partial charge in [-0.1, -0.05) is 6.07 Å². The number of hydrogen-bond donors (Lipinski definition) is 2. The maximum Gasteiger partial charge on any atom is 0.274 e. The lowest BCUT2D eigenvalue weighted by Crippen LogP contribution is -2.15. The summed E-state index contributed by atoms with van der Waals surface area (Å²) >= 11 is 0. The van der Waals surface area contributed by atoms with Crippen molar-refractivity contribution in [2.24, 2.45) is 0 Å².